The number of hydrogen-bond donors (Lipinski definition) is 0. The molecule has 1 unspecified atom stereocenters. The van der Waals surface area contributed by atoms with E-state index < -0.39 is 32.1 Å². The first kappa shape index (κ1) is 22.9. The van der Waals surface area contributed by atoms with Gasteiger partial charge in [0.2, 0.25) is 0 Å². The molecule has 0 N–H and O–H groups in total. The Bertz CT molecular complexity index is 790. The molecule has 1 aromatic carbocycles. The molecule has 1 aliphatic heterocycles. The molecule has 1 nitrogen and oxygen atoms in total. The maximum Gasteiger partial charge on any atom is 0.304 e. The molecule has 0 aromatic heterocycles. The Morgan fingerprint density at radius 3 is 2.43 bits per heavy atom. The molecule has 30 heavy (non-hydrogen) atoms. The van der Waals surface area contributed by atoms with Crippen LogP contribution in [0.1, 0.15) is 62.5 Å². The summed E-state index contributed by atoms with van der Waals surface area (Å²) in [5.41, 5.74) is 0.0672. The Morgan fingerprint density at radius 2 is 1.83 bits per heavy atom. The van der Waals surface area contributed by atoms with Crippen molar-refractivity contribution >= 4 is 8.80 Å². The van der Waals surface area contributed by atoms with Gasteiger partial charge in [-0.2, -0.15) is 8.78 Å². The average Bonchev–Trinajstić information content (AvgIpc) is 2.72. The first-order valence-corrected chi connectivity index (χ1v) is 13.4. The van der Waals surface area contributed by atoms with Crippen molar-refractivity contribution in [1.82, 2.24) is 0 Å². The zero-order chi connectivity index (χ0) is 21.6. The molecule has 164 valence electrons. The standard InChI is InChI=1S/C24H30F4OSi/c1-2-3-4-11-30-12-9-19(10-13-30)18-5-7-20(8-6-18)24(29-17-23(27)28)15-21(25)14-22(26)16-24/h5-8,14-15,17,19,30H,2-4,9-13,16H2,1H3. The van der Waals surface area contributed by atoms with E-state index in [4.69, 9.17) is 4.74 Å². The van der Waals surface area contributed by atoms with Crippen molar-refractivity contribution in [2.24, 2.45) is 0 Å². The van der Waals surface area contributed by atoms with Crippen molar-refractivity contribution in [2.45, 2.75) is 75.1 Å². The largest absolute Gasteiger partial charge is 0.480 e. The Morgan fingerprint density at radius 1 is 1.13 bits per heavy atom. The molecule has 1 aliphatic carbocycles. The second-order valence-electron chi connectivity index (χ2n) is 8.55. The molecule has 3 rings (SSSR count). The highest BCUT2D eigenvalue weighted by Gasteiger charge is 2.37. The van der Waals surface area contributed by atoms with Gasteiger partial charge in [-0.15, -0.1) is 0 Å². The first-order chi connectivity index (χ1) is 14.4. The number of unbranched alkanes of at least 4 members (excludes halogenated alkanes) is 2. The Balaban J connectivity index is 1.70. The molecular weight excluding hydrogens is 408 g/mol. The molecule has 2 aliphatic rings. The van der Waals surface area contributed by atoms with Crippen LogP contribution in [0.5, 0.6) is 0 Å². The number of benzene rings is 1. The normalized spacial score (nSPS) is 26.6. The van der Waals surface area contributed by atoms with Crippen LogP contribution in [0.3, 0.4) is 0 Å². The maximum absolute atomic E-state index is 14.0. The average molecular weight is 439 g/mol. The van der Waals surface area contributed by atoms with Crippen LogP contribution < -0.4 is 0 Å². The fraction of sp³-hybridized carbons (Fsp3) is 0.500. The van der Waals surface area contributed by atoms with Crippen LogP contribution in [0.25, 0.3) is 0 Å². The predicted octanol–water partition coefficient (Wildman–Crippen LogP) is 8.04. The summed E-state index contributed by atoms with van der Waals surface area (Å²) < 4.78 is 58.3. The molecule has 1 saturated heterocycles. The smallest absolute Gasteiger partial charge is 0.304 e. The van der Waals surface area contributed by atoms with E-state index in [9.17, 15) is 17.6 Å². The molecule has 0 amide bonds. The van der Waals surface area contributed by atoms with Crippen molar-refractivity contribution in [3.05, 3.63) is 71.5 Å². The molecule has 0 saturated carbocycles. The molecule has 0 bridgehead atoms. The third-order valence-corrected chi connectivity index (χ3v) is 9.91. The van der Waals surface area contributed by atoms with E-state index in [0.29, 0.717) is 11.5 Å². The molecule has 0 radical (unpaired) electrons. The van der Waals surface area contributed by atoms with Gasteiger partial charge in [-0.1, -0.05) is 68.6 Å². The third kappa shape index (κ3) is 5.87. The van der Waals surface area contributed by atoms with E-state index in [2.05, 4.69) is 6.92 Å². The van der Waals surface area contributed by atoms with Gasteiger partial charge < -0.3 is 4.74 Å². The lowest BCUT2D eigenvalue weighted by Crippen LogP contribution is -2.28. The maximum atomic E-state index is 14.0. The van der Waals surface area contributed by atoms with Gasteiger partial charge in [-0.05, 0) is 36.0 Å². The minimum absolute atomic E-state index is 0.265. The van der Waals surface area contributed by atoms with Crippen molar-refractivity contribution in [1.29, 1.82) is 0 Å². The number of allylic oxidation sites excluding steroid dienone is 2. The molecule has 1 fully saturated rings. The van der Waals surface area contributed by atoms with E-state index in [0.717, 1.165) is 12.2 Å². The summed E-state index contributed by atoms with van der Waals surface area (Å²) in [5.74, 6) is -1.07. The van der Waals surface area contributed by atoms with Gasteiger partial charge in [-0.3, -0.25) is 0 Å². The molecule has 6 heteroatoms. The summed E-state index contributed by atoms with van der Waals surface area (Å²) in [6.07, 6.45) is 6.10. The monoisotopic (exact) mass is 438 g/mol. The summed E-state index contributed by atoms with van der Waals surface area (Å²) >= 11 is 0. The highest BCUT2D eigenvalue weighted by Crippen LogP contribution is 2.41. The van der Waals surface area contributed by atoms with Crippen molar-refractivity contribution < 1.29 is 22.3 Å². The van der Waals surface area contributed by atoms with Gasteiger partial charge in [-0.25, -0.2) is 8.78 Å². The SMILES string of the molecule is CCCCC[SiH]1CCC(c2ccc(C3(OC=C(F)F)C=C(F)C=C(F)C3)cc2)CC1. The fourth-order valence-corrected chi connectivity index (χ4v) is 8.23. The minimum Gasteiger partial charge on any atom is -0.480 e. The van der Waals surface area contributed by atoms with Gasteiger partial charge in [0, 0.05) is 21.3 Å². The Hall–Kier alpha value is -1.82. The van der Waals surface area contributed by atoms with Crippen LogP contribution in [0.15, 0.2) is 60.4 Å². The lowest BCUT2D eigenvalue weighted by atomic mass is 9.84. The minimum atomic E-state index is -2.05. The highest BCUT2D eigenvalue weighted by atomic mass is 28.3. The summed E-state index contributed by atoms with van der Waals surface area (Å²) in [6.45, 7) is 2.24. The van der Waals surface area contributed by atoms with Gasteiger partial charge in [0.1, 0.15) is 17.9 Å². The molecule has 0 spiro atoms. The zero-order valence-electron chi connectivity index (χ0n) is 17.5. The van der Waals surface area contributed by atoms with E-state index >= 15 is 0 Å². The van der Waals surface area contributed by atoms with Crippen LogP contribution in [0.4, 0.5) is 17.6 Å². The summed E-state index contributed by atoms with van der Waals surface area (Å²) in [7, 11) is -0.592. The number of halogens is 4. The second kappa shape index (κ2) is 10.5. The van der Waals surface area contributed by atoms with E-state index in [1.807, 2.05) is 12.1 Å². The summed E-state index contributed by atoms with van der Waals surface area (Å²) in [4.78, 5) is 0. The van der Waals surface area contributed by atoms with Gasteiger partial charge in [0.15, 0.2) is 5.60 Å². The van der Waals surface area contributed by atoms with Crippen molar-refractivity contribution in [2.75, 3.05) is 0 Å². The molecule has 1 heterocycles. The fourth-order valence-electron chi connectivity index (χ4n) is 4.75. The van der Waals surface area contributed by atoms with E-state index in [1.165, 1.54) is 55.8 Å². The first-order valence-electron chi connectivity index (χ1n) is 11.0. The Labute approximate surface area is 178 Å². The van der Waals surface area contributed by atoms with E-state index in [-0.39, 0.29) is 12.7 Å². The third-order valence-electron chi connectivity index (χ3n) is 6.39. The Kier molecular flexibility index (Phi) is 7.97. The zero-order valence-corrected chi connectivity index (χ0v) is 18.6. The number of hydrogen-bond acceptors (Lipinski definition) is 1. The van der Waals surface area contributed by atoms with Crippen LogP contribution in [0, 0.1) is 0 Å². The number of rotatable bonds is 8. The van der Waals surface area contributed by atoms with Crippen LogP contribution >= 0.6 is 0 Å². The predicted molar refractivity (Wildman–Crippen MR) is 116 cm³/mol. The molecule has 1 atom stereocenters. The summed E-state index contributed by atoms with van der Waals surface area (Å²) in [6, 6.07) is 11.6. The lowest BCUT2D eigenvalue weighted by Gasteiger charge is -2.32. The van der Waals surface area contributed by atoms with Gasteiger partial charge >= 0.3 is 6.08 Å². The highest BCUT2D eigenvalue weighted by molar-refractivity contribution is 6.59. The second-order valence-corrected chi connectivity index (χ2v) is 12.0. The quantitative estimate of drug-likeness (QED) is 0.173. The van der Waals surface area contributed by atoms with Crippen LogP contribution in [0.2, 0.25) is 18.1 Å². The molecular formula is C24H30F4OSi. The number of ether oxygens (including phenoxy) is 1. The lowest BCUT2D eigenvalue weighted by molar-refractivity contribution is 0.0485. The summed E-state index contributed by atoms with van der Waals surface area (Å²) in [5, 5.41) is 0. The van der Waals surface area contributed by atoms with Crippen molar-refractivity contribution in [3.8, 4) is 0 Å². The van der Waals surface area contributed by atoms with Crippen LogP contribution in [-0.4, -0.2) is 8.80 Å². The van der Waals surface area contributed by atoms with Crippen LogP contribution in [-0.2, 0) is 10.3 Å². The van der Waals surface area contributed by atoms with Gasteiger partial charge in [0.25, 0.3) is 0 Å². The van der Waals surface area contributed by atoms with Gasteiger partial charge in [0.05, 0.1) is 0 Å². The van der Waals surface area contributed by atoms with Crippen molar-refractivity contribution in [3.63, 3.8) is 0 Å². The van der Waals surface area contributed by atoms with E-state index in [1.54, 1.807) is 12.1 Å². The topological polar surface area (TPSA) is 9.23 Å². The molecule has 1 aromatic rings.